The van der Waals surface area contributed by atoms with Crippen LogP contribution in [0.4, 0.5) is 0 Å². The zero-order valence-electron chi connectivity index (χ0n) is 17.5. The van der Waals surface area contributed by atoms with Crippen LogP contribution in [0.3, 0.4) is 0 Å². The van der Waals surface area contributed by atoms with Gasteiger partial charge in [-0.2, -0.15) is 0 Å². The zero-order valence-corrected chi connectivity index (χ0v) is 17.5. The first-order chi connectivity index (χ1) is 13.6. The third-order valence-electron chi connectivity index (χ3n) is 5.09. The van der Waals surface area contributed by atoms with Gasteiger partial charge < -0.3 is 20.6 Å². The Balaban J connectivity index is 1.95. The van der Waals surface area contributed by atoms with Crippen molar-refractivity contribution in [2.45, 2.75) is 25.3 Å². The normalized spacial score (nSPS) is 14.0. The summed E-state index contributed by atoms with van der Waals surface area (Å²) in [4.78, 5) is 6.54. The second-order valence-corrected chi connectivity index (χ2v) is 7.20. The SMILES string of the molecule is CCc1ccc(C(CNC(=NC)NCC(CO)c2ccccc2)N(C)C)cc1. The molecule has 0 saturated heterocycles. The first-order valence-electron chi connectivity index (χ1n) is 9.94. The van der Waals surface area contributed by atoms with Crippen molar-refractivity contribution in [2.24, 2.45) is 4.99 Å². The van der Waals surface area contributed by atoms with Gasteiger partial charge in [0, 0.05) is 26.1 Å². The fraction of sp³-hybridized carbons (Fsp3) is 0.435. The molecule has 2 aromatic rings. The van der Waals surface area contributed by atoms with Crippen LogP contribution in [0.1, 0.15) is 35.6 Å². The van der Waals surface area contributed by atoms with Crippen molar-refractivity contribution in [2.75, 3.05) is 40.8 Å². The second kappa shape index (κ2) is 11.5. The Kier molecular flexibility index (Phi) is 8.98. The molecule has 2 unspecified atom stereocenters. The third-order valence-corrected chi connectivity index (χ3v) is 5.09. The highest BCUT2D eigenvalue weighted by Crippen LogP contribution is 2.18. The Morgan fingerprint density at radius 2 is 1.61 bits per heavy atom. The summed E-state index contributed by atoms with van der Waals surface area (Å²) in [5.74, 6) is 0.775. The average Bonchev–Trinajstić information content (AvgIpc) is 2.73. The Morgan fingerprint density at radius 1 is 0.964 bits per heavy atom. The van der Waals surface area contributed by atoms with Gasteiger partial charge in [-0.3, -0.25) is 4.99 Å². The minimum Gasteiger partial charge on any atom is -0.396 e. The van der Waals surface area contributed by atoms with Gasteiger partial charge in [0.05, 0.1) is 12.6 Å². The molecule has 0 fully saturated rings. The number of aliphatic imine (C=N–C) groups is 1. The number of aryl methyl sites for hydroxylation is 1. The van der Waals surface area contributed by atoms with Crippen molar-refractivity contribution in [1.29, 1.82) is 0 Å². The first-order valence-corrected chi connectivity index (χ1v) is 9.94. The van der Waals surface area contributed by atoms with Crippen LogP contribution in [-0.2, 0) is 6.42 Å². The lowest BCUT2D eigenvalue weighted by molar-refractivity contribution is 0.264. The molecule has 152 valence electrons. The largest absolute Gasteiger partial charge is 0.396 e. The molecule has 28 heavy (non-hydrogen) atoms. The summed E-state index contributed by atoms with van der Waals surface area (Å²) in [7, 11) is 5.95. The quantitative estimate of drug-likeness (QED) is 0.461. The van der Waals surface area contributed by atoms with Crippen LogP contribution >= 0.6 is 0 Å². The lowest BCUT2D eigenvalue weighted by Crippen LogP contribution is -2.43. The highest BCUT2D eigenvalue weighted by molar-refractivity contribution is 5.79. The van der Waals surface area contributed by atoms with E-state index in [2.05, 4.69) is 65.8 Å². The maximum Gasteiger partial charge on any atom is 0.191 e. The van der Waals surface area contributed by atoms with E-state index in [4.69, 9.17) is 0 Å². The van der Waals surface area contributed by atoms with E-state index in [-0.39, 0.29) is 18.6 Å². The number of nitrogens with zero attached hydrogens (tertiary/aromatic N) is 2. The predicted octanol–water partition coefficient (Wildman–Crippen LogP) is 2.79. The molecule has 0 aliphatic carbocycles. The zero-order chi connectivity index (χ0) is 20.4. The molecule has 0 spiro atoms. The Labute approximate surface area is 169 Å². The smallest absolute Gasteiger partial charge is 0.191 e. The van der Waals surface area contributed by atoms with E-state index in [0.29, 0.717) is 6.54 Å². The van der Waals surface area contributed by atoms with Gasteiger partial charge in [0.1, 0.15) is 0 Å². The van der Waals surface area contributed by atoms with Crippen LogP contribution in [0.5, 0.6) is 0 Å². The Bertz CT molecular complexity index is 713. The monoisotopic (exact) mass is 382 g/mol. The summed E-state index contributed by atoms with van der Waals surface area (Å²) in [6, 6.07) is 19.1. The minimum atomic E-state index is 0.0333. The number of likely N-dealkylation sites (N-methyl/N-ethyl adjacent to an activating group) is 1. The number of nitrogens with one attached hydrogen (secondary N) is 2. The first kappa shape index (κ1) is 21.9. The lowest BCUT2D eigenvalue weighted by Gasteiger charge is -2.26. The van der Waals surface area contributed by atoms with Gasteiger partial charge in [0.25, 0.3) is 0 Å². The lowest BCUT2D eigenvalue weighted by atomic mass is 10.0. The van der Waals surface area contributed by atoms with Gasteiger partial charge in [-0.15, -0.1) is 0 Å². The van der Waals surface area contributed by atoms with Crippen molar-refractivity contribution in [1.82, 2.24) is 15.5 Å². The van der Waals surface area contributed by atoms with Crippen LogP contribution < -0.4 is 10.6 Å². The summed E-state index contributed by atoms with van der Waals surface area (Å²) in [5.41, 5.74) is 3.75. The summed E-state index contributed by atoms with van der Waals surface area (Å²) >= 11 is 0. The standard InChI is InChI=1S/C23H34N4O/c1-5-18-11-13-20(14-12-18)22(27(3)4)16-26-23(24-2)25-15-21(17-28)19-9-7-6-8-10-19/h6-14,21-22,28H,5,15-17H2,1-4H3,(H2,24,25,26). The molecule has 0 amide bonds. The summed E-state index contributed by atoms with van der Waals surface area (Å²) in [6.45, 7) is 3.63. The van der Waals surface area contributed by atoms with Gasteiger partial charge in [0.2, 0.25) is 0 Å². The van der Waals surface area contributed by atoms with Crippen LogP contribution in [0, 0.1) is 0 Å². The van der Waals surface area contributed by atoms with Gasteiger partial charge in [-0.25, -0.2) is 0 Å². The number of hydrogen-bond donors (Lipinski definition) is 3. The van der Waals surface area contributed by atoms with E-state index in [1.807, 2.05) is 30.3 Å². The maximum atomic E-state index is 9.74. The van der Waals surface area contributed by atoms with Gasteiger partial charge >= 0.3 is 0 Å². The van der Waals surface area contributed by atoms with Crippen LogP contribution in [0.15, 0.2) is 59.6 Å². The van der Waals surface area contributed by atoms with Crippen LogP contribution in [0.2, 0.25) is 0 Å². The molecular formula is C23H34N4O. The molecule has 3 N–H and O–H groups in total. The van der Waals surface area contributed by atoms with E-state index in [9.17, 15) is 5.11 Å². The fourth-order valence-electron chi connectivity index (χ4n) is 3.22. The maximum absolute atomic E-state index is 9.74. The molecule has 0 saturated carbocycles. The van der Waals surface area contributed by atoms with E-state index in [1.165, 1.54) is 11.1 Å². The molecule has 2 rings (SSSR count). The van der Waals surface area contributed by atoms with Gasteiger partial charge in [0.15, 0.2) is 5.96 Å². The van der Waals surface area contributed by atoms with Crippen LogP contribution in [0.25, 0.3) is 0 Å². The molecule has 2 atom stereocenters. The highest BCUT2D eigenvalue weighted by Gasteiger charge is 2.16. The molecule has 0 bridgehead atoms. The van der Waals surface area contributed by atoms with Gasteiger partial charge in [-0.05, 0) is 37.2 Å². The topological polar surface area (TPSA) is 59.9 Å². The summed E-state index contributed by atoms with van der Waals surface area (Å²) < 4.78 is 0. The molecule has 2 aromatic carbocycles. The molecule has 0 aliphatic heterocycles. The minimum absolute atomic E-state index is 0.0333. The van der Waals surface area contributed by atoms with Gasteiger partial charge in [-0.1, -0.05) is 61.5 Å². The molecule has 5 heteroatoms. The van der Waals surface area contributed by atoms with E-state index >= 15 is 0 Å². The number of hydrogen-bond acceptors (Lipinski definition) is 3. The van der Waals surface area contributed by atoms with Crippen molar-refractivity contribution >= 4 is 5.96 Å². The number of aliphatic hydroxyl groups excluding tert-OH is 1. The molecule has 5 nitrogen and oxygen atoms in total. The number of rotatable bonds is 9. The molecule has 0 radical (unpaired) electrons. The second-order valence-electron chi connectivity index (χ2n) is 7.20. The number of benzene rings is 2. The summed E-state index contributed by atoms with van der Waals surface area (Å²) in [6.07, 6.45) is 1.05. The van der Waals surface area contributed by atoms with Crippen molar-refractivity contribution in [3.05, 3.63) is 71.3 Å². The van der Waals surface area contributed by atoms with E-state index in [0.717, 1.165) is 24.5 Å². The van der Waals surface area contributed by atoms with E-state index < -0.39 is 0 Å². The highest BCUT2D eigenvalue weighted by atomic mass is 16.3. The molecule has 0 heterocycles. The number of guanidine groups is 1. The number of aliphatic hydroxyl groups is 1. The van der Waals surface area contributed by atoms with Crippen LogP contribution in [-0.4, -0.2) is 56.8 Å². The molecule has 0 aromatic heterocycles. The van der Waals surface area contributed by atoms with Crippen molar-refractivity contribution < 1.29 is 5.11 Å². The summed E-state index contributed by atoms with van der Waals surface area (Å²) in [5, 5.41) is 16.5. The molecular weight excluding hydrogens is 348 g/mol. The Hall–Kier alpha value is -2.37. The predicted molar refractivity (Wildman–Crippen MR) is 118 cm³/mol. The third kappa shape index (κ3) is 6.36. The average molecular weight is 383 g/mol. The van der Waals surface area contributed by atoms with E-state index in [1.54, 1.807) is 7.05 Å². The fourth-order valence-corrected chi connectivity index (χ4v) is 3.22. The molecule has 0 aliphatic rings. The Morgan fingerprint density at radius 3 is 2.14 bits per heavy atom. The van der Waals surface area contributed by atoms with Crippen molar-refractivity contribution in [3.63, 3.8) is 0 Å². The van der Waals surface area contributed by atoms with Crippen molar-refractivity contribution in [3.8, 4) is 0 Å².